The van der Waals surface area contributed by atoms with E-state index in [0.717, 1.165) is 19.3 Å². The van der Waals surface area contributed by atoms with Crippen molar-refractivity contribution < 1.29 is 63.0 Å². The average Bonchev–Trinajstić information content (AvgIpc) is 3.69. The minimum atomic E-state index is -1.63. The Morgan fingerprint density at radius 2 is 1.16 bits per heavy atom. The smallest absolute Gasteiger partial charge is 0.245 e. The molecule has 1 aliphatic rings. The molecule has 0 unspecified atom stereocenters. The number of aliphatic hydroxyl groups is 2. The van der Waals surface area contributed by atoms with Crippen molar-refractivity contribution in [2.75, 3.05) is 39.3 Å². The molecule has 14 atom stereocenters. The summed E-state index contributed by atoms with van der Waals surface area (Å²) in [5.41, 5.74) is 30.3. The molecule has 0 saturated carbocycles. The van der Waals surface area contributed by atoms with Crippen molar-refractivity contribution in [2.45, 2.75) is 199 Å². The van der Waals surface area contributed by atoms with Crippen LogP contribution in [0.3, 0.4) is 0 Å². The van der Waals surface area contributed by atoms with Gasteiger partial charge in [-0.3, -0.25) is 52.7 Å². The molecule has 25 nitrogen and oxygen atoms in total. The summed E-state index contributed by atoms with van der Waals surface area (Å²) in [5.74, 6) is -12.3. The molecule has 0 aromatic heterocycles. The standard InChI is InChI=1S/C60H102N12O13/c1-7-35(3)14-12-13-17-44(75)31-40(18-24-61)55(80)71-52(37(5)73)50(78)33-42(20-26-63)54(79)69-47-23-29-66-59(84)53(38(6)74)72-56(81)41(19-25-62)32-48(76)46(22-28-65)68-60(85)51(36(4)8-2)70-57(82)43(30-39-15-10-9-11-16-39)34-49(77)45(21-27-64)67-58(47)83/h9-11,15-16,35-38,40-43,45-47,51-53,73-74H,7-8,12-14,17-34,61-65H2,1-6H3,(H,66,84)(H,67,83)(H,68,85)(H,69,79)(H,70,82)(H,71,80)(H,72,81)/t35-,36-,37+,38+,40+,41+,42+,43-,45-,46-,47-,51-,52-,53-/m0/s1. The maximum absolute atomic E-state index is 14.6. The van der Waals surface area contributed by atoms with Gasteiger partial charge in [-0.25, -0.2) is 0 Å². The van der Waals surface area contributed by atoms with Crippen LogP contribution in [0.2, 0.25) is 0 Å². The second-order valence-electron chi connectivity index (χ2n) is 23.0. The number of nitrogens with one attached hydrogen (secondary N) is 7. The molecule has 1 aromatic rings. The molecule has 1 saturated heterocycles. The van der Waals surface area contributed by atoms with E-state index in [0.29, 0.717) is 24.3 Å². The topological polar surface area (TPSA) is 443 Å². The lowest BCUT2D eigenvalue weighted by atomic mass is 9.89. The summed E-state index contributed by atoms with van der Waals surface area (Å²) in [7, 11) is 0. The number of hydrogen-bond acceptors (Lipinski definition) is 18. The second-order valence-corrected chi connectivity index (χ2v) is 23.0. The largest absolute Gasteiger partial charge is 0.391 e. The average molecular weight is 1200 g/mol. The third kappa shape index (κ3) is 26.6. The Morgan fingerprint density at radius 1 is 0.612 bits per heavy atom. The second kappa shape index (κ2) is 40.3. The first-order valence-electron chi connectivity index (χ1n) is 30.5. The Labute approximate surface area is 501 Å². The van der Waals surface area contributed by atoms with Gasteiger partial charge < -0.3 is 76.1 Å². The highest BCUT2D eigenvalue weighted by Crippen LogP contribution is 2.21. The summed E-state index contributed by atoms with van der Waals surface area (Å²) in [6.07, 6.45) is -1.15. The zero-order valence-corrected chi connectivity index (χ0v) is 51.0. The third-order valence-electron chi connectivity index (χ3n) is 15.9. The maximum atomic E-state index is 14.6. The molecule has 0 radical (unpaired) electrons. The highest BCUT2D eigenvalue weighted by molar-refractivity contribution is 5.99. The quantitative estimate of drug-likeness (QED) is 0.0401. The van der Waals surface area contributed by atoms with Crippen molar-refractivity contribution in [3.8, 4) is 0 Å². The Kier molecular flexibility index (Phi) is 35.6. The maximum Gasteiger partial charge on any atom is 0.245 e. The van der Waals surface area contributed by atoms with E-state index in [4.69, 9.17) is 28.7 Å². The number of amides is 7. The van der Waals surface area contributed by atoms with Gasteiger partial charge in [0.1, 0.15) is 30.0 Å². The summed E-state index contributed by atoms with van der Waals surface area (Å²) in [6, 6.07) is 0.203. The van der Waals surface area contributed by atoms with Gasteiger partial charge in [-0.2, -0.15) is 0 Å². The predicted molar refractivity (Wildman–Crippen MR) is 321 cm³/mol. The van der Waals surface area contributed by atoms with Crippen molar-refractivity contribution in [3.05, 3.63) is 35.9 Å². The van der Waals surface area contributed by atoms with Crippen LogP contribution >= 0.6 is 0 Å². The van der Waals surface area contributed by atoms with Crippen LogP contribution < -0.4 is 65.9 Å². The zero-order valence-electron chi connectivity index (χ0n) is 51.0. The highest BCUT2D eigenvalue weighted by atomic mass is 16.3. The van der Waals surface area contributed by atoms with Crippen LogP contribution in [0.4, 0.5) is 0 Å². The SMILES string of the molecule is CC[C@H](C)CCCCC(=O)C[C@@H](CCN)C(=O)N[C@H](C(=O)C[C@@H](CCN)C(=O)N[C@H]1CCNC(=O)[C@H]([C@@H](C)O)NC(=O)[C@H](CCN)CC(=O)[C@H](CCN)NC(=O)[C@H]([C@@H](C)CC)NC(=O)[C@@H](Cc2ccccc2)CC(=O)[C@H](CCN)NC1=O)[C@@H](C)O. The van der Waals surface area contributed by atoms with Crippen LogP contribution in [-0.2, 0) is 59.2 Å². The van der Waals surface area contributed by atoms with Crippen LogP contribution in [0.15, 0.2) is 30.3 Å². The van der Waals surface area contributed by atoms with Crippen LogP contribution in [-0.4, -0.2) is 162 Å². The number of carbonyl (C=O) groups is 11. The molecule has 0 aliphatic carbocycles. The van der Waals surface area contributed by atoms with Gasteiger partial charge in [0.25, 0.3) is 0 Å². The number of ketones is 4. The van der Waals surface area contributed by atoms with Gasteiger partial charge in [-0.05, 0) is 115 Å². The summed E-state index contributed by atoms with van der Waals surface area (Å²) in [4.78, 5) is 155. The molecule has 1 fully saturated rings. The van der Waals surface area contributed by atoms with Gasteiger partial charge in [-0.15, -0.1) is 0 Å². The predicted octanol–water partition coefficient (Wildman–Crippen LogP) is -0.882. The Morgan fingerprint density at radius 3 is 1.71 bits per heavy atom. The van der Waals surface area contributed by atoms with Gasteiger partial charge in [0.05, 0.1) is 24.3 Å². The molecule has 7 amide bonds. The summed E-state index contributed by atoms with van der Waals surface area (Å²) >= 11 is 0. The lowest BCUT2D eigenvalue weighted by Gasteiger charge is -2.29. The molecule has 85 heavy (non-hydrogen) atoms. The van der Waals surface area contributed by atoms with E-state index in [-0.39, 0.29) is 89.9 Å². The van der Waals surface area contributed by atoms with Crippen molar-refractivity contribution >= 4 is 64.5 Å². The molecular weight excluding hydrogens is 1100 g/mol. The van der Waals surface area contributed by atoms with Crippen LogP contribution in [0.1, 0.15) is 150 Å². The molecule has 1 heterocycles. The fourth-order valence-corrected chi connectivity index (χ4v) is 10.2. The van der Waals surface area contributed by atoms with Crippen molar-refractivity contribution in [1.29, 1.82) is 0 Å². The van der Waals surface area contributed by atoms with E-state index in [1.54, 1.807) is 44.2 Å². The molecule has 1 aliphatic heterocycles. The summed E-state index contributed by atoms with van der Waals surface area (Å²) in [5, 5.41) is 40.1. The van der Waals surface area contributed by atoms with Crippen molar-refractivity contribution in [2.24, 2.45) is 64.2 Å². The molecule has 2 rings (SSSR count). The van der Waals surface area contributed by atoms with Gasteiger partial charge in [0.15, 0.2) is 17.3 Å². The minimum Gasteiger partial charge on any atom is -0.391 e. The van der Waals surface area contributed by atoms with E-state index in [9.17, 15) is 63.0 Å². The van der Waals surface area contributed by atoms with Crippen molar-refractivity contribution in [3.63, 3.8) is 0 Å². The molecule has 0 spiro atoms. The number of nitrogens with two attached hydrogens (primary N) is 5. The first kappa shape index (κ1) is 75.0. The Balaban J connectivity index is 2.68. The van der Waals surface area contributed by atoms with E-state index in [1.165, 1.54) is 13.8 Å². The minimum absolute atomic E-state index is 0.00874. The molecule has 1 aromatic carbocycles. The summed E-state index contributed by atoms with van der Waals surface area (Å²) < 4.78 is 0. The Bertz CT molecular complexity index is 2310. The first-order valence-corrected chi connectivity index (χ1v) is 30.5. The van der Waals surface area contributed by atoms with E-state index in [2.05, 4.69) is 51.1 Å². The lowest BCUT2D eigenvalue weighted by molar-refractivity contribution is -0.137. The molecule has 19 N–H and O–H groups in total. The summed E-state index contributed by atoms with van der Waals surface area (Å²) in [6.45, 7) is 9.51. The third-order valence-corrected chi connectivity index (χ3v) is 15.9. The van der Waals surface area contributed by atoms with E-state index < -0.39 is 169 Å². The highest BCUT2D eigenvalue weighted by Gasteiger charge is 2.38. The zero-order chi connectivity index (χ0) is 63.8. The van der Waals surface area contributed by atoms with Crippen LogP contribution in [0.25, 0.3) is 0 Å². The number of hydrogen-bond donors (Lipinski definition) is 14. The number of aliphatic hydroxyl groups excluding tert-OH is 2. The van der Waals surface area contributed by atoms with Gasteiger partial charge in [-0.1, -0.05) is 83.7 Å². The van der Waals surface area contributed by atoms with Crippen LogP contribution in [0.5, 0.6) is 0 Å². The number of unbranched alkanes of at least 4 members (excludes halogenated alkanes) is 1. The van der Waals surface area contributed by atoms with Crippen molar-refractivity contribution in [1.82, 2.24) is 37.2 Å². The first-order chi connectivity index (χ1) is 40.4. The van der Waals surface area contributed by atoms with Gasteiger partial charge in [0, 0.05) is 62.3 Å². The molecular formula is C60H102N12O13. The van der Waals surface area contributed by atoms with Gasteiger partial charge in [0.2, 0.25) is 41.4 Å². The monoisotopic (exact) mass is 1200 g/mol. The van der Waals surface area contributed by atoms with Gasteiger partial charge >= 0.3 is 0 Å². The fraction of sp³-hybridized carbons (Fsp3) is 0.717. The van der Waals surface area contributed by atoms with E-state index in [1.807, 2.05) is 0 Å². The number of benzene rings is 1. The molecule has 0 bridgehead atoms. The number of Topliss-reactive ketones (excluding diaryl/α,β-unsaturated/α-hetero) is 4. The number of carbonyl (C=O) groups excluding carboxylic acids is 11. The Hall–Kier alpha value is -6.09. The van der Waals surface area contributed by atoms with Crippen LogP contribution in [0, 0.1) is 35.5 Å². The van der Waals surface area contributed by atoms with E-state index >= 15 is 0 Å². The molecule has 480 valence electrons. The number of rotatable bonds is 31. The lowest BCUT2D eigenvalue weighted by Crippen LogP contribution is -2.56. The fourth-order valence-electron chi connectivity index (χ4n) is 10.2. The molecule has 25 heteroatoms. The normalized spacial score (nSPS) is 23.5.